The summed E-state index contributed by atoms with van der Waals surface area (Å²) in [6.45, 7) is -0.0662. The summed E-state index contributed by atoms with van der Waals surface area (Å²) in [4.78, 5) is 20.5. The van der Waals surface area contributed by atoms with Gasteiger partial charge in [-0.1, -0.05) is 0 Å². The van der Waals surface area contributed by atoms with Gasteiger partial charge >= 0.3 is 78.3 Å². The van der Waals surface area contributed by atoms with Gasteiger partial charge in [0.15, 0.2) is 0 Å². The molecule has 0 aromatic rings. The summed E-state index contributed by atoms with van der Waals surface area (Å²) < 4.78 is 3.79. The normalized spacial score (nSPS) is 10.7. The van der Waals surface area contributed by atoms with Crippen molar-refractivity contribution in [3.63, 3.8) is 0 Å². The molecule has 0 aromatic carbocycles. The Labute approximate surface area is 78.9 Å². The predicted octanol–water partition coefficient (Wildman–Crippen LogP) is -0.214. The molecule has 0 saturated heterocycles. The van der Waals surface area contributed by atoms with Crippen LogP contribution in [0.2, 0.25) is 10.6 Å². The topological polar surface area (TPSA) is 107 Å². The van der Waals surface area contributed by atoms with E-state index < -0.39 is 25.6 Å². The van der Waals surface area contributed by atoms with Crippen LogP contribution in [0.25, 0.3) is 0 Å². The Hall–Kier alpha value is -0.781. The first-order chi connectivity index (χ1) is 6.06. The van der Waals surface area contributed by atoms with Crippen LogP contribution in [0, 0.1) is 0 Å². The Morgan fingerprint density at radius 1 is 1.15 bits per heavy atom. The third kappa shape index (κ3) is 7.58. The van der Waals surface area contributed by atoms with Crippen LogP contribution in [0.5, 0.6) is 0 Å². The first kappa shape index (κ1) is 12.2. The van der Waals surface area contributed by atoms with E-state index in [1.165, 1.54) is 0 Å². The van der Waals surface area contributed by atoms with Crippen LogP contribution in [0.15, 0.2) is 3.96 Å². The van der Waals surface area contributed by atoms with Gasteiger partial charge in [0, 0.05) is 0 Å². The first-order valence-electron chi connectivity index (χ1n) is 3.35. The molecule has 7 heteroatoms. The van der Waals surface area contributed by atoms with Crippen LogP contribution in [-0.2, 0) is 23.3 Å². The fourth-order valence-electron chi connectivity index (χ4n) is 0.517. The Kier molecular flexibility index (Phi) is 6.30. The van der Waals surface area contributed by atoms with Gasteiger partial charge in [0.1, 0.15) is 0 Å². The Morgan fingerprint density at radius 2 is 1.62 bits per heavy atom. The summed E-state index contributed by atoms with van der Waals surface area (Å²) in [5.41, 5.74) is 0. The Bertz CT molecular complexity index is 209. The molecule has 0 aliphatic carbocycles. The fraction of sp³-hybridized carbons (Fsp3) is 0.667. The number of aliphatic carboxylic acids is 2. The molecule has 0 bridgehead atoms. The molecule has 0 aliphatic rings. The Balaban J connectivity index is 4.17. The number of aliphatic hydroxyl groups is 1. The van der Waals surface area contributed by atoms with Gasteiger partial charge in [-0.05, 0) is 0 Å². The summed E-state index contributed by atoms with van der Waals surface area (Å²) in [6.07, 6.45) is 0. The minimum absolute atomic E-state index is 0.112. The molecule has 0 heterocycles. The second-order valence-corrected chi connectivity index (χ2v) is 4.38. The maximum absolute atomic E-state index is 10.3. The number of carbonyl (C=O) groups is 2. The summed E-state index contributed by atoms with van der Waals surface area (Å²) in [5, 5.41) is 24.8. The standard InChI is InChI=1S/C2H5NO.2C2H3O2.Fe/c3-1-2-4;2*1-2(3)4;/h4H,1-2H2;2*1H2,(H,3,4);. The molecule has 0 amide bonds. The van der Waals surface area contributed by atoms with Crippen LogP contribution in [0.3, 0.4) is 0 Å². The number of nitrogens with zero attached hydrogens (tertiary/aromatic N) is 1. The van der Waals surface area contributed by atoms with E-state index in [4.69, 9.17) is 15.3 Å². The van der Waals surface area contributed by atoms with Crippen LogP contribution in [0.4, 0.5) is 0 Å². The molecule has 0 aliphatic heterocycles. The molecule has 3 N–H and O–H groups in total. The van der Waals surface area contributed by atoms with Crippen LogP contribution in [-0.4, -0.2) is 40.4 Å². The SMILES string of the molecule is O=C(O)[CH2][Fe]([CH2]C(=O)O)=[N]CCO. The van der Waals surface area contributed by atoms with Crippen LogP contribution < -0.4 is 0 Å². The molecule has 0 radical (unpaired) electrons. The number of carboxylic acids is 2. The van der Waals surface area contributed by atoms with E-state index in [9.17, 15) is 9.59 Å². The van der Waals surface area contributed by atoms with Crippen molar-refractivity contribution in [2.24, 2.45) is 3.96 Å². The molecule has 0 unspecified atom stereocenters. The third-order valence-corrected chi connectivity index (χ3v) is 3.15. The average molecular weight is 233 g/mol. The van der Waals surface area contributed by atoms with Crippen molar-refractivity contribution in [1.82, 2.24) is 0 Å². The molecule has 78 valence electrons. The van der Waals surface area contributed by atoms with E-state index in [0.29, 0.717) is 0 Å². The molecule has 0 rings (SSSR count). The molecule has 0 spiro atoms. The number of rotatable bonds is 6. The van der Waals surface area contributed by atoms with Gasteiger partial charge in [-0.2, -0.15) is 0 Å². The molecular weight excluding hydrogens is 222 g/mol. The summed E-state index contributed by atoms with van der Waals surface area (Å²) in [7, 11) is 0. The monoisotopic (exact) mass is 233 g/mol. The number of hydrogen-bond acceptors (Lipinski definition) is 4. The number of hydrogen-bond donors (Lipinski definition) is 3. The third-order valence-electron chi connectivity index (χ3n) is 0.840. The number of carboxylic acid groups (broad SMARTS) is 2. The van der Waals surface area contributed by atoms with Crippen LogP contribution in [0.1, 0.15) is 0 Å². The second-order valence-electron chi connectivity index (χ2n) is 2.00. The van der Waals surface area contributed by atoms with Crippen LogP contribution >= 0.6 is 0 Å². The molecule has 6 nitrogen and oxygen atoms in total. The zero-order chi connectivity index (χ0) is 10.3. The van der Waals surface area contributed by atoms with Gasteiger partial charge in [-0.25, -0.2) is 0 Å². The summed E-state index contributed by atoms with van der Waals surface area (Å²) in [6, 6.07) is 0. The fourth-order valence-corrected chi connectivity index (χ4v) is 2.13. The van der Waals surface area contributed by atoms with Crippen molar-refractivity contribution < 1.29 is 38.6 Å². The molecule has 0 saturated carbocycles. The van der Waals surface area contributed by atoms with Crippen molar-refractivity contribution in [1.29, 1.82) is 0 Å². The quantitative estimate of drug-likeness (QED) is 0.550. The second kappa shape index (κ2) is 6.71. The summed E-state index contributed by atoms with van der Waals surface area (Å²) in [5.74, 6) is -2.11. The zero-order valence-corrected chi connectivity index (χ0v) is 7.89. The van der Waals surface area contributed by atoms with Crippen molar-refractivity contribution >= 4 is 11.9 Å². The zero-order valence-electron chi connectivity index (χ0n) is 6.79. The molecular formula is C6H11FeNO5. The molecule has 0 aromatic heterocycles. The molecule has 13 heavy (non-hydrogen) atoms. The average Bonchev–Trinajstić information content (AvgIpc) is 1.98. The van der Waals surface area contributed by atoms with Crippen molar-refractivity contribution in [3.05, 3.63) is 0 Å². The molecule has 0 fully saturated rings. The van der Waals surface area contributed by atoms with E-state index in [1.807, 2.05) is 0 Å². The van der Waals surface area contributed by atoms with Crippen molar-refractivity contribution in [2.45, 2.75) is 10.6 Å². The van der Waals surface area contributed by atoms with Gasteiger partial charge in [0.2, 0.25) is 0 Å². The number of aliphatic hydroxyl groups excluding tert-OH is 1. The molecule has 0 atom stereocenters. The maximum atomic E-state index is 10.3. The van der Waals surface area contributed by atoms with Gasteiger partial charge in [-0.15, -0.1) is 0 Å². The van der Waals surface area contributed by atoms with E-state index in [1.54, 1.807) is 0 Å². The van der Waals surface area contributed by atoms with E-state index in [0.717, 1.165) is 0 Å². The first-order valence-corrected chi connectivity index (χ1v) is 5.41. The van der Waals surface area contributed by atoms with Gasteiger partial charge < -0.3 is 0 Å². The van der Waals surface area contributed by atoms with Gasteiger partial charge in [0.05, 0.1) is 0 Å². The van der Waals surface area contributed by atoms with E-state index >= 15 is 0 Å². The van der Waals surface area contributed by atoms with Crippen molar-refractivity contribution in [3.8, 4) is 0 Å². The Morgan fingerprint density at radius 3 is 1.92 bits per heavy atom. The van der Waals surface area contributed by atoms with Crippen molar-refractivity contribution in [2.75, 3.05) is 13.2 Å². The van der Waals surface area contributed by atoms with Gasteiger partial charge in [0.25, 0.3) is 0 Å². The van der Waals surface area contributed by atoms with E-state index in [-0.39, 0.29) is 23.8 Å². The van der Waals surface area contributed by atoms with E-state index in [2.05, 4.69) is 3.96 Å². The van der Waals surface area contributed by atoms with Gasteiger partial charge in [-0.3, -0.25) is 0 Å². The summed E-state index contributed by atoms with van der Waals surface area (Å²) >= 11 is -1.56. The predicted molar refractivity (Wildman–Crippen MR) is 39.3 cm³/mol. The minimum atomic E-state index is -1.56.